The summed E-state index contributed by atoms with van der Waals surface area (Å²) in [6.07, 6.45) is 0.871. The third kappa shape index (κ3) is 2.43. The summed E-state index contributed by atoms with van der Waals surface area (Å²) in [4.78, 5) is 22.6. The Balaban J connectivity index is 2.14. The third-order valence-corrected chi connectivity index (χ3v) is 2.95. The molecule has 90 valence electrons. The van der Waals surface area contributed by atoms with Gasteiger partial charge >= 0.3 is 0 Å². The minimum absolute atomic E-state index is 0.0251. The van der Waals surface area contributed by atoms with E-state index in [0.717, 1.165) is 12.5 Å². The zero-order chi connectivity index (χ0) is 12.6. The molecule has 2 atom stereocenters. The smallest absolute Gasteiger partial charge is 0.251 e. The molecule has 0 aromatic heterocycles. The normalized spacial score (nSPS) is 22.0. The Bertz CT molecular complexity index is 487. The number of nitrogens with one attached hydrogen (secondary N) is 1. The summed E-state index contributed by atoms with van der Waals surface area (Å²) >= 11 is 0. The lowest BCUT2D eigenvalue weighted by molar-refractivity contribution is -0.117. The van der Waals surface area contributed by atoms with Gasteiger partial charge in [-0.3, -0.25) is 9.59 Å². The highest BCUT2D eigenvalue weighted by Crippen LogP contribution is 2.38. The van der Waals surface area contributed by atoms with Gasteiger partial charge in [-0.25, -0.2) is 4.39 Å². The molecule has 2 rings (SSSR count). The predicted molar refractivity (Wildman–Crippen MR) is 60.8 cm³/mol. The van der Waals surface area contributed by atoms with Crippen LogP contribution in [0.15, 0.2) is 18.2 Å². The van der Waals surface area contributed by atoms with Crippen LogP contribution >= 0.6 is 0 Å². The van der Waals surface area contributed by atoms with Gasteiger partial charge in [-0.1, -0.05) is 6.92 Å². The van der Waals surface area contributed by atoms with Crippen molar-refractivity contribution < 1.29 is 14.0 Å². The van der Waals surface area contributed by atoms with Gasteiger partial charge in [0.25, 0.3) is 5.91 Å². The van der Waals surface area contributed by atoms with E-state index in [9.17, 15) is 14.0 Å². The SMILES string of the molecule is C[C@H]1C[C@@H]1C(=O)Nc1ccc(F)c(C(N)=O)c1. The second kappa shape index (κ2) is 4.16. The van der Waals surface area contributed by atoms with Gasteiger partial charge in [0.15, 0.2) is 0 Å². The number of hydrogen-bond donors (Lipinski definition) is 2. The van der Waals surface area contributed by atoms with Gasteiger partial charge in [0, 0.05) is 11.6 Å². The number of hydrogen-bond acceptors (Lipinski definition) is 2. The average molecular weight is 236 g/mol. The van der Waals surface area contributed by atoms with Crippen LogP contribution in [0.1, 0.15) is 23.7 Å². The van der Waals surface area contributed by atoms with Crippen LogP contribution in [-0.2, 0) is 4.79 Å². The van der Waals surface area contributed by atoms with Gasteiger partial charge in [-0.15, -0.1) is 0 Å². The molecule has 17 heavy (non-hydrogen) atoms. The van der Waals surface area contributed by atoms with Gasteiger partial charge in [0.05, 0.1) is 5.56 Å². The molecule has 0 spiro atoms. The van der Waals surface area contributed by atoms with Crippen molar-refractivity contribution in [3.05, 3.63) is 29.6 Å². The Kier molecular flexibility index (Phi) is 2.83. The molecular formula is C12H13FN2O2. The highest BCUT2D eigenvalue weighted by atomic mass is 19.1. The highest BCUT2D eigenvalue weighted by molar-refractivity contribution is 5.97. The number of nitrogens with two attached hydrogens (primary N) is 1. The number of rotatable bonds is 3. The van der Waals surface area contributed by atoms with Crippen LogP contribution in [0.5, 0.6) is 0 Å². The maximum absolute atomic E-state index is 13.2. The first-order valence-electron chi connectivity index (χ1n) is 5.39. The standard InChI is InChI=1S/C12H13FN2O2/c1-6-4-8(6)12(17)15-7-2-3-10(13)9(5-7)11(14)16/h2-3,5-6,8H,4H2,1H3,(H2,14,16)(H,15,17)/t6-,8-/m0/s1. The minimum atomic E-state index is -0.849. The molecule has 0 aliphatic heterocycles. The molecule has 3 N–H and O–H groups in total. The maximum atomic E-state index is 13.2. The van der Waals surface area contributed by atoms with E-state index in [4.69, 9.17) is 5.73 Å². The van der Waals surface area contributed by atoms with Crippen molar-refractivity contribution in [1.82, 2.24) is 0 Å². The summed E-state index contributed by atoms with van der Waals surface area (Å²) < 4.78 is 13.2. The number of halogens is 1. The van der Waals surface area contributed by atoms with E-state index in [0.29, 0.717) is 11.6 Å². The van der Waals surface area contributed by atoms with Crippen molar-refractivity contribution in [2.24, 2.45) is 17.6 Å². The lowest BCUT2D eigenvalue weighted by atomic mass is 10.1. The quantitative estimate of drug-likeness (QED) is 0.835. The van der Waals surface area contributed by atoms with Crippen molar-refractivity contribution in [1.29, 1.82) is 0 Å². The fourth-order valence-electron chi connectivity index (χ4n) is 1.71. The number of carbonyl (C=O) groups excluding carboxylic acids is 2. The zero-order valence-electron chi connectivity index (χ0n) is 9.37. The van der Waals surface area contributed by atoms with E-state index in [2.05, 4.69) is 5.32 Å². The second-order valence-corrected chi connectivity index (χ2v) is 4.37. The molecule has 1 aromatic rings. The molecule has 0 unspecified atom stereocenters. The topological polar surface area (TPSA) is 72.2 Å². The second-order valence-electron chi connectivity index (χ2n) is 4.37. The first-order valence-corrected chi connectivity index (χ1v) is 5.39. The van der Waals surface area contributed by atoms with E-state index in [-0.39, 0.29) is 17.4 Å². The van der Waals surface area contributed by atoms with Crippen molar-refractivity contribution in [2.75, 3.05) is 5.32 Å². The van der Waals surface area contributed by atoms with Crippen molar-refractivity contribution in [3.63, 3.8) is 0 Å². The fraction of sp³-hybridized carbons (Fsp3) is 0.333. The molecule has 1 aromatic carbocycles. The van der Waals surface area contributed by atoms with Gasteiger partial charge in [0.2, 0.25) is 5.91 Å². The Labute approximate surface area is 98.0 Å². The summed E-state index contributed by atoms with van der Waals surface area (Å²) in [7, 11) is 0. The van der Waals surface area contributed by atoms with E-state index >= 15 is 0 Å². The van der Waals surface area contributed by atoms with Crippen LogP contribution in [0.2, 0.25) is 0 Å². The predicted octanol–water partition coefficient (Wildman–Crippen LogP) is 1.52. The third-order valence-electron chi connectivity index (χ3n) is 2.95. The lowest BCUT2D eigenvalue weighted by Crippen LogP contribution is -2.17. The Morgan fingerprint density at radius 3 is 2.65 bits per heavy atom. The van der Waals surface area contributed by atoms with Gasteiger partial charge in [-0.2, -0.15) is 0 Å². The van der Waals surface area contributed by atoms with E-state index in [1.807, 2.05) is 6.92 Å². The van der Waals surface area contributed by atoms with E-state index in [1.165, 1.54) is 12.1 Å². The molecule has 0 radical (unpaired) electrons. The van der Waals surface area contributed by atoms with Crippen LogP contribution in [0.3, 0.4) is 0 Å². The number of benzene rings is 1. The molecule has 1 aliphatic rings. The molecule has 4 nitrogen and oxygen atoms in total. The van der Waals surface area contributed by atoms with E-state index in [1.54, 1.807) is 0 Å². The zero-order valence-corrected chi connectivity index (χ0v) is 9.37. The summed E-state index contributed by atoms with van der Waals surface area (Å²) in [6, 6.07) is 3.78. The Morgan fingerprint density at radius 2 is 2.12 bits per heavy atom. The first-order chi connectivity index (χ1) is 7.99. The van der Waals surface area contributed by atoms with E-state index < -0.39 is 11.7 Å². The van der Waals surface area contributed by atoms with Gasteiger partial charge < -0.3 is 11.1 Å². The first kappa shape index (κ1) is 11.6. The van der Waals surface area contributed by atoms with Crippen molar-refractivity contribution >= 4 is 17.5 Å². The molecule has 0 bridgehead atoms. The summed E-state index contributed by atoms with van der Waals surface area (Å²) in [5.74, 6) is -1.21. The molecule has 1 aliphatic carbocycles. The molecule has 1 saturated carbocycles. The average Bonchev–Trinajstić information content (AvgIpc) is 2.98. The highest BCUT2D eigenvalue weighted by Gasteiger charge is 2.39. The monoisotopic (exact) mass is 236 g/mol. The van der Waals surface area contributed by atoms with Gasteiger partial charge in [-0.05, 0) is 30.5 Å². The Hall–Kier alpha value is -1.91. The lowest BCUT2D eigenvalue weighted by Gasteiger charge is -2.06. The fourth-order valence-corrected chi connectivity index (χ4v) is 1.71. The molecule has 0 saturated heterocycles. The Morgan fingerprint density at radius 1 is 1.47 bits per heavy atom. The van der Waals surface area contributed by atoms with Crippen LogP contribution in [0.4, 0.5) is 10.1 Å². The minimum Gasteiger partial charge on any atom is -0.366 e. The molecular weight excluding hydrogens is 223 g/mol. The number of amides is 2. The molecule has 1 fully saturated rings. The van der Waals surface area contributed by atoms with Crippen LogP contribution < -0.4 is 11.1 Å². The van der Waals surface area contributed by atoms with Crippen molar-refractivity contribution in [3.8, 4) is 0 Å². The summed E-state index contributed by atoms with van der Waals surface area (Å²) in [6.45, 7) is 1.99. The van der Waals surface area contributed by atoms with Crippen LogP contribution in [-0.4, -0.2) is 11.8 Å². The number of anilines is 1. The molecule has 0 heterocycles. The van der Waals surface area contributed by atoms with Crippen LogP contribution in [0, 0.1) is 17.7 Å². The number of primary amides is 1. The largest absolute Gasteiger partial charge is 0.366 e. The van der Waals surface area contributed by atoms with Crippen molar-refractivity contribution in [2.45, 2.75) is 13.3 Å². The van der Waals surface area contributed by atoms with Crippen LogP contribution in [0.25, 0.3) is 0 Å². The summed E-state index contributed by atoms with van der Waals surface area (Å²) in [5, 5.41) is 2.64. The van der Waals surface area contributed by atoms with Gasteiger partial charge in [0.1, 0.15) is 5.82 Å². The molecule has 5 heteroatoms. The summed E-state index contributed by atoms with van der Waals surface area (Å²) in [5.41, 5.74) is 5.19. The molecule has 2 amide bonds. The number of carbonyl (C=O) groups is 2. The maximum Gasteiger partial charge on any atom is 0.251 e.